The van der Waals surface area contributed by atoms with Crippen molar-refractivity contribution in [1.29, 1.82) is 0 Å². The van der Waals surface area contributed by atoms with Gasteiger partial charge < -0.3 is 20.1 Å². The summed E-state index contributed by atoms with van der Waals surface area (Å²) in [5.74, 6) is -0.301. The first-order chi connectivity index (χ1) is 15.9. The maximum absolute atomic E-state index is 12.6. The van der Waals surface area contributed by atoms with E-state index in [2.05, 4.69) is 25.5 Å². The smallest absolute Gasteiger partial charge is 0.444 e. The maximum Gasteiger partial charge on any atom is 0.573 e. The average molecular weight is 498 g/mol. The molecule has 0 atom stereocenters. The minimum atomic E-state index is -4.76. The molecule has 0 aliphatic heterocycles. The molecule has 1 amide bonds. The number of hydrogen-bond acceptors (Lipinski definition) is 7. The SMILES string of the molecule is CC(C)(C)OC(=O)NC1CCC(Nc2nn3c(-c4cccc(OC(F)(F)F)c4)cnc3s2)CC1. The predicted octanol–water partition coefficient (Wildman–Crippen LogP) is 5.60. The third-order valence-corrected chi connectivity index (χ3v) is 6.08. The first-order valence-corrected chi connectivity index (χ1v) is 11.7. The molecule has 0 radical (unpaired) electrons. The number of amides is 1. The van der Waals surface area contributed by atoms with E-state index in [1.807, 2.05) is 20.8 Å². The number of anilines is 1. The van der Waals surface area contributed by atoms with Crippen LogP contribution >= 0.6 is 11.3 Å². The summed E-state index contributed by atoms with van der Waals surface area (Å²) in [5.41, 5.74) is 0.550. The number of ether oxygens (including phenoxy) is 2. The highest BCUT2D eigenvalue weighted by Gasteiger charge is 2.31. The van der Waals surface area contributed by atoms with E-state index in [0.717, 1.165) is 25.7 Å². The second-order valence-corrected chi connectivity index (χ2v) is 10.1. The lowest BCUT2D eigenvalue weighted by atomic mass is 9.91. The van der Waals surface area contributed by atoms with Gasteiger partial charge in [0.2, 0.25) is 10.1 Å². The molecule has 1 saturated carbocycles. The van der Waals surface area contributed by atoms with Crippen LogP contribution in [0.1, 0.15) is 46.5 Å². The van der Waals surface area contributed by atoms with E-state index < -0.39 is 18.1 Å². The quantitative estimate of drug-likeness (QED) is 0.477. The van der Waals surface area contributed by atoms with Crippen molar-refractivity contribution in [3.63, 3.8) is 0 Å². The standard InChI is InChI=1S/C22H26F3N5O3S/c1-21(2,3)33-20(31)28-15-9-7-14(8-10-15)27-18-29-30-17(12-26-19(30)34-18)13-5-4-6-16(11-13)32-22(23,24)25/h4-6,11-12,14-15H,7-10H2,1-3H3,(H,27,29)(H,28,31). The van der Waals surface area contributed by atoms with E-state index >= 15 is 0 Å². The monoisotopic (exact) mass is 497 g/mol. The van der Waals surface area contributed by atoms with Gasteiger partial charge >= 0.3 is 12.5 Å². The summed E-state index contributed by atoms with van der Waals surface area (Å²) in [4.78, 5) is 16.9. The number of aromatic nitrogens is 3. The number of alkyl halides is 3. The van der Waals surface area contributed by atoms with Gasteiger partial charge in [-0.3, -0.25) is 0 Å². The summed E-state index contributed by atoms with van der Waals surface area (Å²) >= 11 is 1.37. The third-order valence-electron chi connectivity index (χ3n) is 5.22. The van der Waals surface area contributed by atoms with Gasteiger partial charge in [-0.25, -0.2) is 14.3 Å². The first-order valence-electron chi connectivity index (χ1n) is 10.9. The van der Waals surface area contributed by atoms with Crippen molar-refractivity contribution in [2.45, 2.75) is 70.5 Å². The molecule has 0 spiro atoms. The van der Waals surface area contributed by atoms with Crippen molar-refractivity contribution in [3.05, 3.63) is 30.5 Å². The molecule has 2 heterocycles. The van der Waals surface area contributed by atoms with Gasteiger partial charge in [0.05, 0.1) is 11.9 Å². The molecule has 12 heteroatoms. The first kappa shape index (κ1) is 24.1. The Hall–Kier alpha value is -3.02. The molecule has 1 aliphatic carbocycles. The van der Waals surface area contributed by atoms with Crippen LogP contribution in [0.5, 0.6) is 5.75 Å². The molecule has 34 heavy (non-hydrogen) atoms. The molecule has 1 fully saturated rings. The van der Waals surface area contributed by atoms with Crippen LogP contribution in [-0.2, 0) is 4.74 Å². The number of nitrogens with one attached hydrogen (secondary N) is 2. The molecule has 0 saturated heterocycles. The minimum absolute atomic E-state index is 0.0688. The molecule has 3 aromatic rings. The number of nitrogens with zero attached hydrogens (tertiary/aromatic N) is 3. The van der Waals surface area contributed by atoms with Crippen LogP contribution in [0.4, 0.5) is 23.1 Å². The fourth-order valence-corrected chi connectivity index (χ4v) is 4.68. The van der Waals surface area contributed by atoms with Crippen molar-refractivity contribution in [1.82, 2.24) is 19.9 Å². The normalized spacial score (nSPS) is 19.1. The molecule has 0 bridgehead atoms. The topological polar surface area (TPSA) is 89.8 Å². The third kappa shape index (κ3) is 6.31. The number of carbonyl (C=O) groups excluding carboxylic acids is 1. The number of alkyl carbamates (subject to hydrolysis) is 1. The lowest BCUT2D eigenvalue weighted by Gasteiger charge is -2.30. The Morgan fingerprint density at radius 2 is 1.85 bits per heavy atom. The van der Waals surface area contributed by atoms with Crippen LogP contribution in [0.3, 0.4) is 0 Å². The van der Waals surface area contributed by atoms with Gasteiger partial charge in [0, 0.05) is 17.6 Å². The van der Waals surface area contributed by atoms with Crippen molar-refractivity contribution >= 4 is 27.5 Å². The van der Waals surface area contributed by atoms with Crippen molar-refractivity contribution < 1.29 is 27.4 Å². The summed E-state index contributed by atoms with van der Waals surface area (Å²) in [7, 11) is 0. The van der Waals surface area contributed by atoms with Crippen LogP contribution < -0.4 is 15.4 Å². The molecule has 8 nitrogen and oxygen atoms in total. The number of rotatable bonds is 5. The van der Waals surface area contributed by atoms with Gasteiger partial charge in [-0.1, -0.05) is 23.5 Å². The van der Waals surface area contributed by atoms with Crippen molar-refractivity contribution in [3.8, 4) is 17.0 Å². The van der Waals surface area contributed by atoms with E-state index in [-0.39, 0.29) is 17.8 Å². The van der Waals surface area contributed by atoms with Gasteiger partial charge in [-0.15, -0.1) is 18.3 Å². The van der Waals surface area contributed by atoms with E-state index in [4.69, 9.17) is 4.74 Å². The number of hydrogen-bond donors (Lipinski definition) is 2. The number of carbonyl (C=O) groups is 1. The van der Waals surface area contributed by atoms with Gasteiger partial charge in [0.1, 0.15) is 11.4 Å². The lowest BCUT2D eigenvalue weighted by molar-refractivity contribution is -0.274. The maximum atomic E-state index is 12.6. The number of fused-ring (bicyclic) bond motifs is 1. The second-order valence-electron chi connectivity index (χ2n) is 9.16. The Kier molecular flexibility index (Phi) is 6.61. The Balaban J connectivity index is 1.37. The van der Waals surface area contributed by atoms with Crippen molar-refractivity contribution in [2.75, 3.05) is 5.32 Å². The Bertz CT molecular complexity index is 1150. The van der Waals surface area contributed by atoms with E-state index in [1.54, 1.807) is 16.8 Å². The Morgan fingerprint density at radius 1 is 1.15 bits per heavy atom. The zero-order valence-electron chi connectivity index (χ0n) is 19.0. The highest BCUT2D eigenvalue weighted by Crippen LogP contribution is 2.31. The summed E-state index contributed by atoms with van der Waals surface area (Å²) in [6.07, 6.45) is -0.249. The van der Waals surface area contributed by atoms with Gasteiger partial charge in [0.15, 0.2) is 0 Å². The van der Waals surface area contributed by atoms with Gasteiger partial charge in [0.25, 0.3) is 0 Å². The van der Waals surface area contributed by atoms with Crippen LogP contribution in [-0.4, -0.2) is 44.7 Å². The van der Waals surface area contributed by atoms with Gasteiger partial charge in [-0.2, -0.15) is 0 Å². The molecule has 2 aromatic heterocycles. The van der Waals surface area contributed by atoms with Crippen LogP contribution in [0, 0.1) is 0 Å². The summed E-state index contributed by atoms with van der Waals surface area (Å²) in [6.45, 7) is 5.49. The van der Waals surface area contributed by atoms with E-state index in [9.17, 15) is 18.0 Å². The largest absolute Gasteiger partial charge is 0.573 e. The molecule has 0 unspecified atom stereocenters. The number of imidazole rings is 1. The summed E-state index contributed by atoms with van der Waals surface area (Å²) in [5, 5.41) is 11.6. The molecule has 1 aromatic carbocycles. The van der Waals surface area contributed by atoms with E-state index in [1.165, 1.54) is 29.5 Å². The molecular weight excluding hydrogens is 471 g/mol. The van der Waals surface area contributed by atoms with Gasteiger partial charge in [-0.05, 0) is 58.6 Å². The lowest BCUT2D eigenvalue weighted by Crippen LogP contribution is -2.42. The second kappa shape index (κ2) is 9.32. The van der Waals surface area contributed by atoms with Crippen LogP contribution in [0.25, 0.3) is 16.2 Å². The molecule has 4 rings (SSSR count). The number of benzene rings is 1. The molecular formula is C22H26F3N5O3S. The van der Waals surface area contributed by atoms with E-state index in [0.29, 0.717) is 21.3 Å². The highest BCUT2D eigenvalue weighted by atomic mass is 32.1. The minimum Gasteiger partial charge on any atom is -0.444 e. The predicted molar refractivity (Wildman–Crippen MR) is 122 cm³/mol. The molecule has 184 valence electrons. The fraction of sp³-hybridized carbons (Fsp3) is 0.500. The Morgan fingerprint density at radius 3 is 2.53 bits per heavy atom. The van der Waals surface area contributed by atoms with Crippen LogP contribution in [0.15, 0.2) is 30.5 Å². The highest BCUT2D eigenvalue weighted by molar-refractivity contribution is 7.20. The number of halogens is 3. The average Bonchev–Trinajstić information content (AvgIpc) is 3.27. The summed E-state index contributed by atoms with van der Waals surface area (Å²) < 4.78 is 48.6. The molecule has 2 N–H and O–H groups in total. The fourth-order valence-electron chi connectivity index (χ4n) is 3.83. The van der Waals surface area contributed by atoms with Crippen molar-refractivity contribution in [2.24, 2.45) is 0 Å². The zero-order chi connectivity index (χ0) is 24.5. The van der Waals surface area contributed by atoms with Crippen LogP contribution in [0.2, 0.25) is 0 Å². The molecule has 1 aliphatic rings. The zero-order valence-corrected chi connectivity index (χ0v) is 19.8. The summed E-state index contributed by atoms with van der Waals surface area (Å²) in [6, 6.07) is 5.99. The Labute approximate surface area is 198 Å².